The number of carbonyl (C=O) groups is 3. The number of hydrogen-bond donors (Lipinski definition) is 3. The minimum Gasteiger partial charge on any atom is -0.457 e. The number of thiophene rings is 1. The molecule has 1 atom stereocenters. The number of amides is 4. The molecule has 6 rings (SSSR count). The molecule has 2 aromatic carbocycles. The lowest BCUT2D eigenvalue weighted by Gasteiger charge is -2.32. The number of anilines is 3. The second kappa shape index (κ2) is 11.6. The Morgan fingerprint density at radius 1 is 1.17 bits per heavy atom. The van der Waals surface area contributed by atoms with Gasteiger partial charge in [-0.05, 0) is 61.7 Å². The van der Waals surface area contributed by atoms with E-state index in [0.717, 1.165) is 24.2 Å². The van der Waals surface area contributed by atoms with Crippen LogP contribution in [0.2, 0.25) is 0 Å². The highest BCUT2D eigenvalue weighted by atomic mass is 32.1. The van der Waals surface area contributed by atoms with Crippen LogP contribution >= 0.6 is 11.3 Å². The fourth-order valence-electron chi connectivity index (χ4n) is 5.36. The number of urea groups is 1. The Bertz CT molecular complexity index is 1700. The van der Waals surface area contributed by atoms with Gasteiger partial charge in [-0.15, -0.1) is 11.3 Å². The number of nitrogens with zero attached hydrogens (tertiary/aromatic N) is 3. The van der Waals surface area contributed by atoms with Crippen LogP contribution in [-0.4, -0.2) is 58.6 Å². The summed E-state index contributed by atoms with van der Waals surface area (Å²) < 4.78 is 5.96. The number of benzene rings is 2. The molecule has 3 N–H and O–H groups in total. The van der Waals surface area contributed by atoms with Gasteiger partial charge in [-0.25, -0.2) is 9.78 Å². The van der Waals surface area contributed by atoms with Gasteiger partial charge >= 0.3 is 6.03 Å². The van der Waals surface area contributed by atoms with Crippen molar-refractivity contribution in [2.24, 2.45) is 0 Å². The maximum absolute atomic E-state index is 13.6. The third-order valence-electron chi connectivity index (χ3n) is 7.27. The second-order valence-corrected chi connectivity index (χ2v) is 11.1. The molecule has 214 valence electrons. The average molecular weight is 584 g/mol. The van der Waals surface area contributed by atoms with Gasteiger partial charge in [-0.2, -0.15) is 0 Å². The molecule has 10 nitrogen and oxygen atoms in total. The topological polar surface area (TPSA) is 124 Å². The third-order valence-corrected chi connectivity index (χ3v) is 8.37. The monoisotopic (exact) mass is 583 g/mol. The lowest BCUT2D eigenvalue weighted by Crippen LogP contribution is -2.49. The molecular weight excluding hydrogens is 554 g/mol. The van der Waals surface area contributed by atoms with E-state index in [2.05, 4.69) is 15.6 Å². The summed E-state index contributed by atoms with van der Waals surface area (Å²) in [5.74, 6) is 0.853. The number of rotatable bonds is 7. The summed E-state index contributed by atoms with van der Waals surface area (Å²) in [6.07, 6.45) is 5.86. The Morgan fingerprint density at radius 3 is 2.79 bits per heavy atom. The SMILES string of the molecule is Cc1cc(Oc2ccccc2)ccc1N1C(=O)Nc2c(C(=O)N[C@@H]3CCCN(C(=O)/C=C/CO)C3)sc3nccc1c23. The summed E-state index contributed by atoms with van der Waals surface area (Å²) in [6.45, 7) is 2.67. The molecular formula is C31H29N5O5S. The van der Waals surface area contributed by atoms with Crippen molar-refractivity contribution in [1.82, 2.24) is 15.2 Å². The number of para-hydroxylation sites is 1. The molecule has 2 aliphatic heterocycles. The van der Waals surface area contributed by atoms with E-state index in [9.17, 15) is 14.4 Å². The van der Waals surface area contributed by atoms with Crippen molar-refractivity contribution in [3.63, 3.8) is 0 Å². The number of aromatic nitrogens is 1. The van der Waals surface area contributed by atoms with Crippen LogP contribution in [-0.2, 0) is 4.79 Å². The van der Waals surface area contributed by atoms with Crippen LogP contribution in [0, 0.1) is 6.92 Å². The van der Waals surface area contributed by atoms with Gasteiger partial charge < -0.3 is 25.4 Å². The summed E-state index contributed by atoms with van der Waals surface area (Å²) >= 11 is 1.22. The molecule has 0 spiro atoms. The van der Waals surface area contributed by atoms with Crippen LogP contribution in [0.3, 0.4) is 0 Å². The first-order valence-corrected chi connectivity index (χ1v) is 14.5. The minimum atomic E-state index is -0.382. The lowest BCUT2D eigenvalue weighted by molar-refractivity contribution is -0.127. The standard InChI is InChI=1S/C31H29N5O5S/c1-19-17-22(41-21-8-3-2-4-9-21)11-12-23(19)36-24-13-14-32-30-26(24)27(34-31(36)40)28(42-30)29(39)33-20-7-5-15-35(18-20)25(38)10-6-16-37/h2-4,6,8-14,17,20,37H,5,7,15-16,18H2,1H3,(H,33,39)(H,34,40)/b10-6+/t20-/m1/s1. The van der Waals surface area contributed by atoms with Gasteiger partial charge in [-0.3, -0.25) is 14.5 Å². The number of likely N-dealkylation sites (tertiary alicyclic amines) is 1. The zero-order chi connectivity index (χ0) is 29.2. The number of hydrogen-bond acceptors (Lipinski definition) is 7. The number of aliphatic hydroxyl groups is 1. The molecule has 2 aromatic heterocycles. The van der Waals surface area contributed by atoms with Crippen molar-refractivity contribution in [3.8, 4) is 11.5 Å². The molecule has 1 fully saturated rings. The quantitative estimate of drug-likeness (QED) is 0.252. The smallest absolute Gasteiger partial charge is 0.331 e. The molecule has 0 aliphatic carbocycles. The fourth-order valence-corrected chi connectivity index (χ4v) is 6.38. The number of nitrogens with one attached hydrogen (secondary N) is 2. The molecule has 0 saturated carbocycles. The van der Waals surface area contributed by atoms with Gasteiger partial charge in [0.05, 0.1) is 29.1 Å². The van der Waals surface area contributed by atoms with E-state index >= 15 is 0 Å². The summed E-state index contributed by atoms with van der Waals surface area (Å²) in [6, 6.07) is 16.2. The maximum atomic E-state index is 13.6. The van der Waals surface area contributed by atoms with Crippen molar-refractivity contribution in [3.05, 3.63) is 83.4 Å². The Morgan fingerprint density at radius 2 is 2.00 bits per heavy atom. The molecule has 2 aliphatic rings. The normalized spacial score (nSPS) is 16.5. The van der Waals surface area contributed by atoms with Gasteiger partial charge in [0, 0.05) is 31.4 Å². The van der Waals surface area contributed by atoms with Crippen molar-refractivity contribution in [1.29, 1.82) is 0 Å². The molecule has 4 heterocycles. The molecule has 0 unspecified atom stereocenters. The molecule has 0 radical (unpaired) electrons. The Labute approximate surface area is 246 Å². The third kappa shape index (κ3) is 5.31. The molecule has 11 heteroatoms. The number of aliphatic hydroxyl groups excluding tert-OH is 1. The molecule has 1 saturated heterocycles. The highest BCUT2D eigenvalue weighted by Gasteiger charge is 2.34. The van der Waals surface area contributed by atoms with E-state index in [4.69, 9.17) is 9.84 Å². The van der Waals surface area contributed by atoms with E-state index in [1.54, 1.807) is 22.1 Å². The predicted octanol–water partition coefficient (Wildman–Crippen LogP) is 5.35. The van der Waals surface area contributed by atoms with E-state index < -0.39 is 0 Å². The minimum absolute atomic E-state index is 0.198. The van der Waals surface area contributed by atoms with Crippen molar-refractivity contribution >= 4 is 56.5 Å². The Kier molecular flexibility index (Phi) is 7.60. The van der Waals surface area contributed by atoms with Crippen molar-refractivity contribution in [2.45, 2.75) is 25.8 Å². The summed E-state index contributed by atoms with van der Waals surface area (Å²) in [7, 11) is 0. The second-order valence-electron chi connectivity index (χ2n) is 10.1. The summed E-state index contributed by atoms with van der Waals surface area (Å²) in [5, 5.41) is 15.6. The van der Waals surface area contributed by atoms with Gasteiger partial charge in [0.15, 0.2) is 0 Å². The molecule has 0 bridgehead atoms. The molecule has 4 aromatic rings. The number of piperidine rings is 1. The predicted molar refractivity (Wildman–Crippen MR) is 162 cm³/mol. The number of pyridine rings is 1. The van der Waals surface area contributed by atoms with E-state index in [-0.39, 0.29) is 30.5 Å². The van der Waals surface area contributed by atoms with Crippen LogP contribution in [0.25, 0.3) is 10.2 Å². The largest absolute Gasteiger partial charge is 0.457 e. The van der Waals surface area contributed by atoms with Crippen molar-refractivity contribution < 1.29 is 24.2 Å². The first-order chi connectivity index (χ1) is 20.4. The van der Waals surface area contributed by atoms with Gasteiger partial charge in [0.25, 0.3) is 5.91 Å². The van der Waals surface area contributed by atoms with Crippen LogP contribution in [0.5, 0.6) is 11.5 Å². The van der Waals surface area contributed by atoms with E-state index in [1.165, 1.54) is 23.5 Å². The first-order valence-electron chi connectivity index (χ1n) is 13.7. The summed E-state index contributed by atoms with van der Waals surface area (Å²) in [4.78, 5) is 48.2. The Hall–Kier alpha value is -4.74. The van der Waals surface area contributed by atoms with Crippen LogP contribution in [0.4, 0.5) is 21.9 Å². The maximum Gasteiger partial charge on any atom is 0.331 e. The zero-order valence-electron chi connectivity index (χ0n) is 22.9. The van der Waals surface area contributed by atoms with E-state index in [0.29, 0.717) is 51.0 Å². The van der Waals surface area contributed by atoms with Crippen molar-refractivity contribution in [2.75, 3.05) is 29.9 Å². The van der Waals surface area contributed by atoms with Crippen LogP contribution in [0.15, 0.2) is 72.9 Å². The van der Waals surface area contributed by atoms with Crippen LogP contribution < -0.4 is 20.3 Å². The summed E-state index contributed by atoms with van der Waals surface area (Å²) in [5.41, 5.74) is 2.60. The Balaban J connectivity index is 1.26. The lowest BCUT2D eigenvalue weighted by atomic mass is 10.0. The molecule has 42 heavy (non-hydrogen) atoms. The number of ether oxygens (including phenoxy) is 1. The van der Waals surface area contributed by atoms with Gasteiger partial charge in [0.1, 0.15) is 21.2 Å². The van der Waals surface area contributed by atoms with Gasteiger partial charge in [-0.1, -0.05) is 24.3 Å². The molecule has 4 amide bonds. The van der Waals surface area contributed by atoms with Gasteiger partial charge in [0.2, 0.25) is 5.91 Å². The first kappa shape index (κ1) is 27.4. The zero-order valence-corrected chi connectivity index (χ0v) is 23.7. The van der Waals surface area contributed by atoms with E-state index in [1.807, 2.05) is 55.5 Å². The average Bonchev–Trinajstić information content (AvgIpc) is 3.37. The highest BCUT2D eigenvalue weighted by molar-refractivity contribution is 7.21. The van der Waals surface area contributed by atoms with Crippen LogP contribution in [0.1, 0.15) is 28.1 Å². The highest BCUT2D eigenvalue weighted by Crippen LogP contribution is 2.46. The fraction of sp³-hybridized carbons (Fsp3) is 0.226. The number of aryl methyl sites for hydroxylation is 1. The number of carbonyl (C=O) groups excluding carboxylic acids is 3.